The zero-order valence-corrected chi connectivity index (χ0v) is 10.8. The van der Waals surface area contributed by atoms with Gasteiger partial charge >= 0.3 is 0 Å². The first kappa shape index (κ1) is 13.4. The van der Waals surface area contributed by atoms with E-state index in [0.717, 1.165) is 6.42 Å². The van der Waals surface area contributed by atoms with E-state index in [1.54, 1.807) is 4.90 Å². The van der Waals surface area contributed by atoms with Crippen molar-refractivity contribution < 1.29 is 13.2 Å². The van der Waals surface area contributed by atoms with Gasteiger partial charge in [0.2, 0.25) is 15.9 Å². The van der Waals surface area contributed by atoms with E-state index in [0.29, 0.717) is 32.6 Å². The second-order valence-electron chi connectivity index (χ2n) is 4.07. The molecule has 1 aliphatic heterocycles. The van der Waals surface area contributed by atoms with Crippen molar-refractivity contribution in [2.24, 2.45) is 0 Å². The molecule has 0 aromatic carbocycles. The average molecular weight is 248 g/mol. The van der Waals surface area contributed by atoms with Gasteiger partial charge in [-0.05, 0) is 12.8 Å². The molecule has 0 N–H and O–H groups in total. The minimum absolute atomic E-state index is 0.0229. The lowest BCUT2D eigenvalue weighted by Crippen LogP contribution is -2.37. The van der Waals surface area contributed by atoms with Gasteiger partial charge < -0.3 is 4.90 Å². The van der Waals surface area contributed by atoms with Gasteiger partial charge in [0, 0.05) is 33.1 Å². The predicted octanol–water partition coefficient (Wildman–Crippen LogP) is 0.280. The van der Waals surface area contributed by atoms with Crippen LogP contribution in [0.4, 0.5) is 0 Å². The van der Waals surface area contributed by atoms with E-state index in [4.69, 9.17) is 0 Å². The highest BCUT2D eigenvalue weighted by Gasteiger charge is 2.24. The molecule has 0 spiro atoms. The zero-order valence-electron chi connectivity index (χ0n) is 9.98. The molecule has 1 heterocycles. The second-order valence-corrected chi connectivity index (χ2v) is 6.16. The molecular weight excluding hydrogens is 228 g/mol. The van der Waals surface area contributed by atoms with Gasteiger partial charge in [-0.3, -0.25) is 4.79 Å². The molecule has 0 unspecified atom stereocenters. The summed E-state index contributed by atoms with van der Waals surface area (Å²) in [4.78, 5) is 12.9. The van der Waals surface area contributed by atoms with Crippen LogP contribution in [0.2, 0.25) is 0 Å². The molecule has 0 aromatic heterocycles. The highest BCUT2D eigenvalue weighted by atomic mass is 32.2. The number of amides is 1. The van der Waals surface area contributed by atoms with E-state index in [2.05, 4.69) is 0 Å². The Morgan fingerprint density at radius 2 is 1.88 bits per heavy atom. The first-order valence-corrected chi connectivity index (χ1v) is 7.31. The van der Waals surface area contributed by atoms with E-state index >= 15 is 0 Å². The molecule has 94 valence electrons. The van der Waals surface area contributed by atoms with E-state index in [1.165, 1.54) is 11.2 Å². The molecule has 1 saturated heterocycles. The van der Waals surface area contributed by atoms with Crippen LogP contribution in [0.15, 0.2) is 0 Å². The highest BCUT2D eigenvalue weighted by molar-refractivity contribution is 7.89. The van der Waals surface area contributed by atoms with Crippen LogP contribution in [0, 0.1) is 0 Å². The van der Waals surface area contributed by atoms with Crippen LogP contribution in [-0.2, 0) is 14.8 Å². The predicted molar refractivity (Wildman–Crippen MR) is 62.5 cm³/mol. The minimum Gasteiger partial charge on any atom is -0.342 e. The number of nitrogens with zero attached hydrogens (tertiary/aromatic N) is 2. The number of sulfonamides is 1. The van der Waals surface area contributed by atoms with Crippen LogP contribution in [0.1, 0.15) is 26.7 Å². The van der Waals surface area contributed by atoms with E-state index in [9.17, 15) is 13.2 Å². The Labute approximate surface area is 97.5 Å². The molecule has 16 heavy (non-hydrogen) atoms. The number of carbonyl (C=O) groups excluding carboxylic acids is 1. The van der Waals surface area contributed by atoms with E-state index in [-0.39, 0.29) is 11.7 Å². The van der Waals surface area contributed by atoms with Crippen molar-refractivity contribution in [2.45, 2.75) is 26.7 Å². The molecule has 0 aliphatic carbocycles. The first-order valence-electron chi connectivity index (χ1n) is 5.70. The molecule has 6 heteroatoms. The van der Waals surface area contributed by atoms with Crippen molar-refractivity contribution in [3.8, 4) is 0 Å². The summed E-state index contributed by atoms with van der Waals surface area (Å²) in [6.07, 6.45) is 1.36. The summed E-state index contributed by atoms with van der Waals surface area (Å²) in [5, 5.41) is 0. The summed E-state index contributed by atoms with van der Waals surface area (Å²) in [5.41, 5.74) is 0. The molecule has 1 rings (SSSR count). The van der Waals surface area contributed by atoms with E-state index < -0.39 is 10.0 Å². The monoisotopic (exact) mass is 248 g/mol. The fraction of sp³-hybridized carbons (Fsp3) is 0.900. The van der Waals surface area contributed by atoms with Gasteiger partial charge in [-0.1, -0.05) is 6.92 Å². The molecule has 0 aromatic rings. The van der Waals surface area contributed by atoms with Crippen LogP contribution >= 0.6 is 0 Å². The molecular formula is C10H20N2O3S. The minimum atomic E-state index is -3.11. The van der Waals surface area contributed by atoms with Crippen LogP contribution in [-0.4, -0.2) is 55.5 Å². The van der Waals surface area contributed by atoms with Crippen molar-refractivity contribution in [1.29, 1.82) is 0 Å². The number of carbonyl (C=O) groups is 1. The molecule has 1 amide bonds. The van der Waals surface area contributed by atoms with Gasteiger partial charge in [0.25, 0.3) is 0 Å². The largest absolute Gasteiger partial charge is 0.342 e. The molecule has 1 aliphatic rings. The first-order chi connectivity index (χ1) is 7.47. The molecule has 0 radical (unpaired) electrons. The fourth-order valence-corrected chi connectivity index (χ4v) is 3.42. The quantitative estimate of drug-likeness (QED) is 0.721. The lowest BCUT2D eigenvalue weighted by Gasteiger charge is -2.20. The second kappa shape index (κ2) is 5.63. The molecule has 0 bridgehead atoms. The van der Waals surface area contributed by atoms with Gasteiger partial charge in [0.1, 0.15) is 0 Å². The Morgan fingerprint density at radius 3 is 2.44 bits per heavy atom. The van der Waals surface area contributed by atoms with Crippen molar-refractivity contribution in [3.63, 3.8) is 0 Å². The lowest BCUT2D eigenvalue weighted by molar-refractivity contribution is -0.128. The zero-order chi connectivity index (χ0) is 12.2. The summed E-state index contributed by atoms with van der Waals surface area (Å²) < 4.78 is 25.2. The summed E-state index contributed by atoms with van der Waals surface area (Å²) in [7, 11) is -3.11. The number of hydrogen-bond donors (Lipinski definition) is 0. The van der Waals surface area contributed by atoms with Crippen molar-refractivity contribution in [1.82, 2.24) is 9.21 Å². The maximum absolute atomic E-state index is 11.8. The maximum atomic E-state index is 11.8. The third-order valence-corrected chi connectivity index (χ3v) is 4.83. The fourth-order valence-electron chi connectivity index (χ4n) is 1.87. The Kier molecular flexibility index (Phi) is 4.73. The smallest absolute Gasteiger partial charge is 0.219 e. The lowest BCUT2D eigenvalue weighted by atomic mass is 10.4. The van der Waals surface area contributed by atoms with Crippen molar-refractivity contribution in [2.75, 3.05) is 31.9 Å². The summed E-state index contributed by atoms with van der Waals surface area (Å²) in [6.45, 7) is 5.52. The summed E-state index contributed by atoms with van der Waals surface area (Å²) in [6, 6.07) is 0. The Hall–Kier alpha value is -0.620. The summed E-state index contributed by atoms with van der Waals surface area (Å²) >= 11 is 0. The van der Waals surface area contributed by atoms with Gasteiger partial charge in [-0.25, -0.2) is 12.7 Å². The molecule has 0 saturated carbocycles. The van der Waals surface area contributed by atoms with Crippen LogP contribution in [0.3, 0.4) is 0 Å². The van der Waals surface area contributed by atoms with Crippen molar-refractivity contribution in [3.05, 3.63) is 0 Å². The highest BCUT2D eigenvalue weighted by Crippen LogP contribution is 2.09. The normalized spacial score (nSPS) is 19.5. The third-order valence-electron chi connectivity index (χ3n) is 2.76. The summed E-state index contributed by atoms with van der Waals surface area (Å²) in [5.74, 6) is 0.224. The molecule has 0 atom stereocenters. The van der Waals surface area contributed by atoms with Gasteiger partial charge in [-0.2, -0.15) is 0 Å². The number of hydrogen-bond acceptors (Lipinski definition) is 3. The molecule has 5 nitrogen and oxygen atoms in total. The van der Waals surface area contributed by atoms with Gasteiger partial charge in [-0.15, -0.1) is 0 Å². The average Bonchev–Trinajstić information content (AvgIpc) is 2.42. The third kappa shape index (κ3) is 3.45. The van der Waals surface area contributed by atoms with Crippen molar-refractivity contribution >= 4 is 15.9 Å². The Bertz CT molecular complexity index is 340. The topological polar surface area (TPSA) is 57.7 Å². The van der Waals surface area contributed by atoms with E-state index in [1.807, 2.05) is 6.92 Å². The number of rotatable bonds is 3. The Morgan fingerprint density at radius 1 is 1.19 bits per heavy atom. The van der Waals surface area contributed by atoms with Crippen LogP contribution in [0.25, 0.3) is 0 Å². The van der Waals surface area contributed by atoms with Crippen LogP contribution < -0.4 is 0 Å². The SMILES string of the molecule is CCCS(=O)(=O)N1CCCN(C(C)=O)CC1. The van der Waals surface area contributed by atoms with Gasteiger partial charge in [0.05, 0.1) is 5.75 Å². The van der Waals surface area contributed by atoms with Crippen LogP contribution in [0.5, 0.6) is 0 Å². The standard InChI is InChI=1S/C10H20N2O3S/c1-3-9-16(14,15)12-6-4-5-11(7-8-12)10(2)13/h3-9H2,1-2H3. The molecule has 1 fully saturated rings. The Balaban J connectivity index is 2.63. The maximum Gasteiger partial charge on any atom is 0.219 e. The van der Waals surface area contributed by atoms with Gasteiger partial charge in [0.15, 0.2) is 0 Å².